The van der Waals surface area contributed by atoms with Crippen molar-refractivity contribution >= 4 is 65.6 Å². The molecule has 5 rings (SSSR count). The van der Waals surface area contributed by atoms with E-state index in [4.69, 9.17) is 16.6 Å². The standard InChI is InChI=1S/C25H24ClN3O3S3/c1-17-19(26)12-13-21-23(17)27-25(34-21)28(16-18-8-3-2-4-9-18)24(30)20-10-5-6-14-29(20)35(31,32)22-11-7-15-33-22/h2-4,7-9,11-13,15,20H,5-6,10,14,16H2,1H3. The van der Waals surface area contributed by atoms with Gasteiger partial charge in [0.2, 0.25) is 5.91 Å². The topological polar surface area (TPSA) is 70.6 Å². The third-order valence-electron chi connectivity index (χ3n) is 6.21. The highest BCUT2D eigenvalue weighted by molar-refractivity contribution is 7.91. The van der Waals surface area contributed by atoms with Gasteiger partial charge in [-0.15, -0.1) is 11.3 Å². The molecule has 10 heteroatoms. The fourth-order valence-electron chi connectivity index (χ4n) is 4.36. The van der Waals surface area contributed by atoms with Gasteiger partial charge in [-0.1, -0.05) is 65.8 Å². The molecule has 1 atom stereocenters. The van der Waals surface area contributed by atoms with Crippen molar-refractivity contribution in [1.82, 2.24) is 9.29 Å². The first kappa shape index (κ1) is 24.4. The smallest absolute Gasteiger partial charge is 0.253 e. The summed E-state index contributed by atoms with van der Waals surface area (Å²) in [5.41, 5.74) is 2.56. The van der Waals surface area contributed by atoms with Gasteiger partial charge in [0.1, 0.15) is 10.3 Å². The Morgan fingerprint density at radius 3 is 2.69 bits per heavy atom. The highest BCUT2D eigenvalue weighted by atomic mass is 35.5. The Bertz CT molecular complexity index is 1450. The number of piperidine rings is 1. The quantitative estimate of drug-likeness (QED) is 0.294. The van der Waals surface area contributed by atoms with E-state index in [1.807, 2.05) is 49.4 Å². The van der Waals surface area contributed by atoms with Crippen molar-refractivity contribution in [2.45, 2.75) is 43.0 Å². The Morgan fingerprint density at radius 2 is 1.94 bits per heavy atom. The van der Waals surface area contributed by atoms with E-state index in [1.165, 1.54) is 27.0 Å². The zero-order valence-corrected chi connectivity index (χ0v) is 22.3. The van der Waals surface area contributed by atoms with Crippen LogP contribution >= 0.6 is 34.3 Å². The van der Waals surface area contributed by atoms with Gasteiger partial charge in [-0.25, -0.2) is 13.4 Å². The minimum Gasteiger partial charge on any atom is -0.282 e. The molecule has 1 fully saturated rings. The molecule has 0 aliphatic carbocycles. The van der Waals surface area contributed by atoms with Crippen LogP contribution in [0, 0.1) is 6.92 Å². The van der Waals surface area contributed by atoms with Crippen LogP contribution in [-0.2, 0) is 21.4 Å². The fraction of sp³-hybridized carbons (Fsp3) is 0.280. The molecule has 1 saturated heterocycles. The maximum absolute atomic E-state index is 14.1. The van der Waals surface area contributed by atoms with Gasteiger partial charge >= 0.3 is 0 Å². The molecule has 1 amide bonds. The highest BCUT2D eigenvalue weighted by Gasteiger charge is 2.40. The maximum atomic E-state index is 14.1. The summed E-state index contributed by atoms with van der Waals surface area (Å²) in [6.45, 7) is 2.54. The van der Waals surface area contributed by atoms with Gasteiger partial charge in [-0.2, -0.15) is 4.31 Å². The number of amides is 1. The molecule has 0 N–H and O–H groups in total. The van der Waals surface area contributed by atoms with Crippen LogP contribution in [-0.4, -0.2) is 36.2 Å². The number of nitrogens with zero attached hydrogens (tertiary/aromatic N) is 3. The van der Waals surface area contributed by atoms with Gasteiger partial charge in [0.05, 0.1) is 16.8 Å². The number of hydrogen-bond donors (Lipinski definition) is 0. The Morgan fingerprint density at radius 1 is 1.14 bits per heavy atom. The number of carbonyl (C=O) groups excluding carboxylic acids is 1. The molecule has 0 bridgehead atoms. The summed E-state index contributed by atoms with van der Waals surface area (Å²) in [6, 6.07) is 16.0. The molecule has 35 heavy (non-hydrogen) atoms. The van der Waals surface area contributed by atoms with Crippen LogP contribution in [0.2, 0.25) is 5.02 Å². The van der Waals surface area contributed by atoms with Gasteiger partial charge in [-0.05, 0) is 54.5 Å². The minimum absolute atomic E-state index is 0.253. The van der Waals surface area contributed by atoms with E-state index in [1.54, 1.807) is 22.4 Å². The second kappa shape index (κ2) is 9.99. The molecule has 3 heterocycles. The molecule has 4 aromatic rings. The summed E-state index contributed by atoms with van der Waals surface area (Å²) in [6.07, 6.45) is 2.00. The van der Waals surface area contributed by atoms with Gasteiger partial charge < -0.3 is 0 Å². The lowest BCUT2D eigenvalue weighted by atomic mass is 10.0. The normalized spacial score (nSPS) is 17.0. The van der Waals surface area contributed by atoms with Crippen LogP contribution in [0.5, 0.6) is 0 Å². The van der Waals surface area contributed by atoms with Crippen LogP contribution in [0.4, 0.5) is 5.13 Å². The second-order valence-corrected chi connectivity index (χ2v) is 13.0. The van der Waals surface area contributed by atoms with E-state index >= 15 is 0 Å². The average molecular weight is 546 g/mol. The van der Waals surface area contributed by atoms with E-state index in [-0.39, 0.29) is 10.1 Å². The molecule has 0 spiro atoms. The molecule has 0 radical (unpaired) electrons. The number of fused-ring (bicyclic) bond motifs is 1. The predicted octanol–water partition coefficient (Wildman–Crippen LogP) is 6.10. The first-order valence-electron chi connectivity index (χ1n) is 11.3. The zero-order chi connectivity index (χ0) is 24.6. The minimum atomic E-state index is -3.77. The first-order chi connectivity index (χ1) is 16.9. The Labute approximate surface area is 217 Å². The maximum Gasteiger partial charge on any atom is 0.253 e. The van der Waals surface area contributed by atoms with Crippen LogP contribution in [0.1, 0.15) is 30.4 Å². The summed E-state index contributed by atoms with van der Waals surface area (Å²) in [5.74, 6) is -0.253. The van der Waals surface area contributed by atoms with Crippen LogP contribution < -0.4 is 4.90 Å². The number of rotatable bonds is 6. The Hall–Kier alpha value is -2.30. The largest absolute Gasteiger partial charge is 0.282 e. The third-order valence-corrected chi connectivity index (χ3v) is 10.9. The monoisotopic (exact) mass is 545 g/mol. The molecule has 1 unspecified atom stereocenters. The van der Waals surface area contributed by atoms with Crippen molar-refractivity contribution in [3.05, 3.63) is 76.1 Å². The number of aryl methyl sites for hydroxylation is 1. The van der Waals surface area contributed by atoms with E-state index < -0.39 is 16.1 Å². The summed E-state index contributed by atoms with van der Waals surface area (Å²) in [4.78, 5) is 20.6. The Kier molecular flexibility index (Phi) is 6.96. The summed E-state index contributed by atoms with van der Waals surface area (Å²) in [5, 5.41) is 2.90. The molecule has 2 aromatic carbocycles. The van der Waals surface area contributed by atoms with Crippen LogP contribution in [0.3, 0.4) is 0 Å². The number of hydrogen-bond acceptors (Lipinski definition) is 6. The van der Waals surface area contributed by atoms with Crippen LogP contribution in [0.15, 0.2) is 64.2 Å². The van der Waals surface area contributed by atoms with Gasteiger partial charge in [-0.3, -0.25) is 9.69 Å². The number of carbonyl (C=O) groups is 1. The van der Waals surface area contributed by atoms with E-state index in [2.05, 4.69) is 0 Å². The summed E-state index contributed by atoms with van der Waals surface area (Å²) < 4.78 is 29.5. The SMILES string of the molecule is Cc1c(Cl)ccc2sc(N(Cc3ccccc3)C(=O)C3CCCCN3S(=O)(=O)c3cccs3)nc12. The van der Waals surface area contributed by atoms with E-state index in [0.29, 0.717) is 29.7 Å². The lowest BCUT2D eigenvalue weighted by Gasteiger charge is -2.35. The number of benzene rings is 2. The number of aromatic nitrogens is 1. The van der Waals surface area contributed by atoms with Crippen molar-refractivity contribution in [3.8, 4) is 0 Å². The van der Waals surface area contributed by atoms with Crippen molar-refractivity contribution in [2.24, 2.45) is 0 Å². The number of halogens is 1. The molecule has 0 saturated carbocycles. The van der Waals surface area contributed by atoms with Gasteiger partial charge in [0.25, 0.3) is 10.0 Å². The van der Waals surface area contributed by atoms with Crippen molar-refractivity contribution in [1.29, 1.82) is 0 Å². The molecular weight excluding hydrogens is 522 g/mol. The molecule has 6 nitrogen and oxygen atoms in total. The lowest BCUT2D eigenvalue weighted by Crippen LogP contribution is -2.52. The second-order valence-electron chi connectivity index (χ2n) is 8.48. The van der Waals surface area contributed by atoms with E-state index in [9.17, 15) is 13.2 Å². The van der Waals surface area contributed by atoms with Crippen molar-refractivity contribution < 1.29 is 13.2 Å². The number of anilines is 1. The summed E-state index contributed by atoms with van der Waals surface area (Å²) >= 11 is 8.91. The molecule has 1 aliphatic heterocycles. The van der Waals surface area contributed by atoms with Gasteiger partial charge in [0.15, 0.2) is 5.13 Å². The Balaban J connectivity index is 1.56. The molecular formula is C25H24ClN3O3S3. The molecule has 182 valence electrons. The van der Waals surface area contributed by atoms with Crippen LogP contribution in [0.25, 0.3) is 10.2 Å². The lowest BCUT2D eigenvalue weighted by molar-refractivity contribution is -0.123. The number of thiazole rings is 1. The predicted molar refractivity (Wildman–Crippen MR) is 143 cm³/mol. The van der Waals surface area contributed by atoms with E-state index in [0.717, 1.165) is 34.2 Å². The zero-order valence-electron chi connectivity index (χ0n) is 19.1. The number of thiophene rings is 1. The third kappa shape index (κ3) is 4.75. The van der Waals surface area contributed by atoms with Crippen molar-refractivity contribution in [2.75, 3.05) is 11.4 Å². The van der Waals surface area contributed by atoms with Gasteiger partial charge in [0, 0.05) is 11.6 Å². The van der Waals surface area contributed by atoms with Crippen molar-refractivity contribution in [3.63, 3.8) is 0 Å². The molecule has 1 aliphatic rings. The number of sulfonamides is 1. The average Bonchev–Trinajstić information content (AvgIpc) is 3.56. The first-order valence-corrected chi connectivity index (χ1v) is 14.8. The summed E-state index contributed by atoms with van der Waals surface area (Å²) in [7, 11) is -3.77. The molecule has 2 aromatic heterocycles. The fourth-order valence-corrected chi connectivity index (χ4v) is 8.31. The highest BCUT2D eigenvalue weighted by Crippen LogP contribution is 2.36.